The molecule has 0 nitrogen and oxygen atoms in total. The summed E-state index contributed by atoms with van der Waals surface area (Å²) in [6, 6.07) is 7.76. The predicted octanol–water partition coefficient (Wildman–Crippen LogP) is 3.76. The fourth-order valence-corrected chi connectivity index (χ4v) is 1.02. The third-order valence-corrected chi connectivity index (χ3v) is 1.93. The number of allylic oxidation sites excluding steroid dienone is 1. The van der Waals surface area contributed by atoms with Crippen molar-refractivity contribution in [3.63, 3.8) is 0 Å². The van der Waals surface area contributed by atoms with Gasteiger partial charge in [0, 0.05) is 5.02 Å². The van der Waals surface area contributed by atoms with Gasteiger partial charge in [-0.2, -0.15) is 0 Å². The van der Waals surface area contributed by atoms with Crippen molar-refractivity contribution >= 4 is 17.2 Å². The van der Waals surface area contributed by atoms with Crippen LogP contribution in [0.2, 0.25) is 5.02 Å². The zero-order chi connectivity index (χ0) is 8.27. The Balaban J connectivity index is 2.90. The Morgan fingerprint density at radius 1 is 1.36 bits per heavy atom. The minimum atomic E-state index is 0.776. The second kappa shape index (κ2) is 3.59. The Morgan fingerprint density at radius 3 is 2.36 bits per heavy atom. The van der Waals surface area contributed by atoms with Gasteiger partial charge in [0.25, 0.3) is 0 Å². The van der Waals surface area contributed by atoms with Crippen LogP contribution in [-0.2, 0) is 0 Å². The van der Waals surface area contributed by atoms with Crippen molar-refractivity contribution in [3.05, 3.63) is 41.4 Å². The Morgan fingerprint density at radius 2 is 1.91 bits per heavy atom. The lowest BCUT2D eigenvalue weighted by atomic mass is 10.1. The van der Waals surface area contributed by atoms with E-state index in [1.165, 1.54) is 5.56 Å². The summed E-state index contributed by atoms with van der Waals surface area (Å²) < 4.78 is 0. The quantitative estimate of drug-likeness (QED) is 0.628. The molecule has 1 aromatic rings. The molecule has 1 aromatic carbocycles. The molecular formula is C10H11Cl. The van der Waals surface area contributed by atoms with Gasteiger partial charge in [0.2, 0.25) is 0 Å². The second-order valence-electron chi connectivity index (χ2n) is 2.46. The van der Waals surface area contributed by atoms with E-state index in [2.05, 4.69) is 13.5 Å². The molecule has 0 heterocycles. The average molecular weight is 167 g/mol. The van der Waals surface area contributed by atoms with Crippen molar-refractivity contribution in [1.29, 1.82) is 0 Å². The molecule has 0 bridgehead atoms. The minimum absolute atomic E-state index is 0.776. The van der Waals surface area contributed by atoms with Crippen molar-refractivity contribution in [3.8, 4) is 0 Å². The van der Waals surface area contributed by atoms with E-state index in [1.807, 2.05) is 24.3 Å². The molecule has 0 saturated carbocycles. The number of benzene rings is 1. The van der Waals surface area contributed by atoms with Gasteiger partial charge in [0.05, 0.1) is 0 Å². The third-order valence-electron chi connectivity index (χ3n) is 1.68. The van der Waals surface area contributed by atoms with Gasteiger partial charge >= 0.3 is 0 Å². The van der Waals surface area contributed by atoms with E-state index in [9.17, 15) is 0 Å². The molecular weight excluding hydrogens is 156 g/mol. The first-order valence-electron chi connectivity index (χ1n) is 3.67. The maximum atomic E-state index is 5.73. The molecule has 0 spiro atoms. The Labute approximate surface area is 72.5 Å². The van der Waals surface area contributed by atoms with E-state index in [-0.39, 0.29) is 0 Å². The minimum Gasteiger partial charge on any atom is -0.0952 e. The summed E-state index contributed by atoms with van der Waals surface area (Å²) in [6.07, 6.45) is 0.988. The largest absolute Gasteiger partial charge is 0.0952 e. The summed E-state index contributed by atoms with van der Waals surface area (Å²) in [4.78, 5) is 0. The second-order valence-corrected chi connectivity index (χ2v) is 2.90. The third kappa shape index (κ3) is 2.09. The van der Waals surface area contributed by atoms with Gasteiger partial charge in [-0.05, 0) is 29.7 Å². The summed E-state index contributed by atoms with van der Waals surface area (Å²) in [7, 11) is 0. The molecule has 0 saturated heterocycles. The van der Waals surface area contributed by atoms with E-state index in [1.54, 1.807) is 0 Å². The molecule has 0 radical (unpaired) electrons. The molecule has 0 aromatic heterocycles. The van der Waals surface area contributed by atoms with Gasteiger partial charge in [0.1, 0.15) is 0 Å². The smallest absolute Gasteiger partial charge is 0.0406 e. The van der Waals surface area contributed by atoms with Gasteiger partial charge < -0.3 is 0 Å². The first kappa shape index (κ1) is 8.35. The Hall–Kier alpha value is -0.750. The molecule has 0 amide bonds. The SMILES string of the molecule is C=C(CC)c1ccc(Cl)cc1. The van der Waals surface area contributed by atoms with Crippen LogP contribution in [0.15, 0.2) is 30.8 Å². The maximum absolute atomic E-state index is 5.73. The van der Waals surface area contributed by atoms with Crippen molar-refractivity contribution in [1.82, 2.24) is 0 Å². The van der Waals surface area contributed by atoms with Crippen molar-refractivity contribution < 1.29 is 0 Å². The fraction of sp³-hybridized carbons (Fsp3) is 0.200. The van der Waals surface area contributed by atoms with Crippen LogP contribution in [0.3, 0.4) is 0 Å². The standard InChI is InChI=1S/C10H11Cl/c1-3-8(2)9-4-6-10(11)7-5-9/h4-7H,2-3H2,1H3. The van der Waals surface area contributed by atoms with Crippen LogP contribution < -0.4 is 0 Å². The zero-order valence-corrected chi connectivity index (χ0v) is 7.36. The topological polar surface area (TPSA) is 0 Å². The normalized spacial score (nSPS) is 9.64. The van der Waals surface area contributed by atoms with Crippen molar-refractivity contribution in [2.75, 3.05) is 0 Å². The lowest BCUT2D eigenvalue weighted by molar-refractivity contribution is 1.24. The first-order valence-corrected chi connectivity index (χ1v) is 4.05. The summed E-state index contributed by atoms with van der Waals surface area (Å²) in [5.41, 5.74) is 2.33. The molecule has 0 fully saturated rings. The number of hydrogen-bond donors (Lipinski definition) is 0. The average Bonchev–Trinajstić information content (AvgIpc) is 2.05. The first-order chi connectivity index (χ1) is 5.24. The van der Waals surface area contributed by atoms with Crippen molar-refractivity contribution in [2.45, 2.75) is 13.3 Å². The van der Waals surface area contributed by atoms with Crippen LogP contribution in [0.4, 0.5) is 0 Å². The fourth-order valence-electron chi connectivity index (χ4n) is 0.890. The molecule has 58 valence electrons. The zero-order valence-electron chi connectivity index (χ0n) is 6.60. The molecule has 0 aliphatic rings. The van der Waals surface area contributed by atoms with Crippen LogP contribution in [0.1, 0.15) is 18.9 Å². The van der Waals surface area contributed by atoms with Crippen LogP contribution in [0.5, 0.6) is 0 Å². The lowest BCUT2D eigenvalue weighted by Crippen LogP contribution is -1.78. The van der Waals surface area contributed by atoms with Crippen LogP contribution in [0, 0.1) is 0 Å². The van der Waals surface area contributed by atoms with Crippen LogP contribution >= 0.6 is 11.6 Å². The molecule has 0 unspecified atom stereocenters. The van der Waals surface area contributed by atoms with E-state index in [0.29, 0.717) is 0 Å². The molecule has 0 aliphatic carbocycles. The van der Waals surface area contributed by atoms with Gasteiger partial charge in [-0.3, -0.25) is 0 Å². The monoisotopic (exact) mass is 166 g/mol. The molecule has 0 N–H and O–H groups in total. The van der Waals surface area contributed by atoms with Gasteiger partial charge in [-0.1, -0.05) is 37.2 Å². The van der Waals surface area contributed by atoms with Crippen LogP contribution in [-0.4, -0.2) is 0 Å². The van der Waals surface area contributed by atoms with E-state index in [4.69, 9.17) is 11.6 Å². The highest BCUT2D eigenvalue weighted by Crippen LogP contribution is 2.17. The van der Waals surface area contributed by atoms with Gasteiger partial charge in [0.15, 0.2) is 0 Å². The molecule has 11 heavy (non-hydrogen) atoms. The van der Waals surface area contributed by atoms with Crippen LogP contribution in [0.25, 0.3) is 5.57 Å². The Kier molecular flexibility index (Phi) is 2.72. The molecule has 1 rings (SSSR count). The van der Waals surface area contributed by atoms with E-state index < -0.39 is 0 Å². The maximum Gasteiger partial charge on any atom is 0.0406 e. The number of halogens is 1. The summed E-state index contributed by atoms with van der Waals surface area (Å²) in [6.45, 7) is 6.02. The van der Waals surface area contributed by atoms with Gasteiger partial charge in [-0.25, -0.2) is 0 Å². The molecule has 0 atom stereocenters. The Bertz CT molecular complexity index is 246. The number of hydrogen-bond acceptors (Lipinski definition) is 0. The highest BCUT2D eigenvalue weighted by molar-refractivity contribution is 6.30. The van der Waals surface area contributed by atoms with Crippen molar-refractivity contribution in [2.24, 2.45) is 0 Å². The highest BCUT2D eigenvalue weighted by atomic mass is 35.5. The van der Waals surface area contributed by atoms with Gasteiger partial charge in [-0.15, -0.1) is 0 Å². The highest BCUT2D eigenvalue weighted by Gasteiger charge is 1.94. The number of rotatable bonds is 2. The predicted molar refractivity (Wildman–Crippen MR) is 50.8 cm³/mol. The lowest BCUT2D eigenvalue weighted by Gasteiger charge is -2.00. The van der Waals surface area contributed by atoms with E-state index in [0.717, 1.165) is 17.0 Å². The summed E-state index contributed by atoms with van der Waals surface area (Å²) >= 11 is 5.73. The molecule has 0 aliphatic heterocycles. The molecule has 1 heteroatoms. The summed E-state index contributed by atoms with van der Waals surface area (Å²) in [5, 5.41) is 0.776. The van der Waals surface area contributed by atoms with E-state index >= 15 is 0 Å². The summed E-state index contributed by atoms with van der Waals surface area (Å²) in [5.74, 6) is 0.